The highest BCUT2D eigenvalue weighted by Crippen LogP contribution is 2.18. The number of hydrogen-bond donors (Lipinski definition) is 1. The fourth-order valence-corrected chi connectivity index (χ4v) is 1.54. The van der Waals surface area contributed by atoms with Gasteiger partial charge in [-0.15, -0.1) is 0 Å². The van der Waals surface area contributed by atoms with Crippen LogP contribution in [0, 0.1) is 0 Å². The summed E-state index contributed by atoms with van der Waals surface area (Å²) in [6.07, 6.45) is 3.48. The van der Waals surface area contributed by atoms with Crippen molar-refractivity contribution in [3.8, 4) is 11.6 Å². The number of hydrogen-bond acceptors (Lipinski definition) is 4. The van der Waals surface area contributed by atoms with E-state index in [1.54, 1.807) is 10.9 Å². The first-order valence-corrected chi connectivity index (χ1v) is 6.30. The van der Waals surface area contributed by atoms with Crippen molar-refractivity contribution in [2.75, 3.05) is 0 Å². The Bertz CT molecular complexity index is 542. The third-order valence-corrected chi connectivity index (χ3v) is 2.48. The van der Waals surface area contributed by atoms with Gasteiger partial charge >= 0.3 is 0 Å². The summed E-state index contributed by atoms with van der Waals surface area (Å²) >= 11 is 0. The van der Waals surface area contributed by atoms with E-state index in [1.165, 1.54) is 0 Å². The van der Waals surface area contributed by atoms with Gasteiger partial charge in [0.15, 0.2) is 5.75 Å². The summed E-state index contributed by atoms with van der Waals surface area (Å²) in [5.74, 6) is 1.28. The third kappa shape index (κ3) is 4.37. The molecule has 5 nitrogen and oxygen atoms in total. The molecule has 0 amide bonds. The highest BCUT2D eigenvalue weighted by Gasteiger charge is 2.09. The van der Waals surface area contributed by atoms with E-state index >= 15 is 0 Å². The minimum absolute atomic E-state index is 0.0713. The minimum atomic E-state index is 0.0713. The molecule has 0 fully saturated rings. The lowest BCUT2D eigenvalue weighted by atomic mass is 10.1. The normalized spacial score (nSPS) is 11.6. The maximum absolute atomic E-state index is 5.65. The van der Waals surface area contributed by atoms with Gasteiger partial charge in [0, 0.05) is 25.2 Å². The summed E-state index contributed by atoms with van der Waals surface area (Å²) in [7, 11) is 1.85. The summed E-state index contributed by atoms with van der Waals surface area (Å²) in [5.41, 5.74) is 1.03. The molecule has 0 radical (unpaired) electrons. The van der Waals surface area contributed by atoms with Crippen LogP contribution in [0.3, 0.4) is 0 Å². The summed E-state index contributed by atoms with van der Waals surface area (Å²) in [4.78, 5) is 4.46. The molecule has 2 aromatic rings. The van der Waals surface area contributed by atoms with Crippen LogP contribution < -0.4 is 10.1 Å². The van der Waals surface area contributed by atoms with Crippen LogP contribution in [0.15, 0.2) is 30.6 Å². The highest BCUT2D eigenvalue weighted by molar-refractivity contribution is 5.23. The van der Waals surface area contributed by atoms with E-state index in [0.29, 0.717) is 18.2 Å². The quantitative estimate of drug-likeness (QED) is 0.917. The van der Waals surface area contributed by atoms with E-state index in [-0.39, 0.29) is 5.54 Å². The van der Waals surface area contributed by atoms with Gasteiger partial charge in [-0.25, -0.2) is 4.98 Å². The zero-order chi connectivity index (χ0) is 13.9. The molecule has 0 atom stereocenters. The Balaban J connectivity index is 2.02. The van der Waals surface area contributed by atoms with E-state index in [1.807, 2.05) is 31.4 Å². The molecule has 19 heavy (non-hydrogen) atoms. The van der Waals surface area contributed by atoms with Crippen LogP contribution in [0.5, 0.6) is 11.6 Å². The van der Waals surface area contributed by atoms with E-state index in [9.17, 15) is 0 Å². The Morgan fingerprint density at radius 2 is 2.11 bits per heavy atom. The van der Waals surface area contributed by atoms with Crippen LogP contribution in [-0.2, 0) is 13.6 Å². The molecule has 0 bridgehead atoms. The van der Waals surface area contributed by atoms with Gasteiger partial charge in [0.1, 0.15) is 0 Å². The number of nitrogens with one attached hydrogen (secondary N) is 1. The predicted octanol–water partition coefficient (Wildman–Crippen LogP) is 2.50. The number of pyridine rings is 1. The molecule has 2 rings (SSSR count). The smallest absolute Gasteiger partial charge is 0.219 e. The van der Waals surface area contributed by atoms with Crippen molar-refractivity contribution in [1.29, 1.82) is 0 Å². The molecule has 0 saturated heterocycles. The molecule has 5 heteroatoms. The van der Waals surface area contributed by atoms with Crippen molar-refractivity contribution in [3.05, 3.63) is 36.3 Å². The van der Waals surface area contributed by atoms with Crippen molar-refractivity contribution in [3.63, 3.8) is 0 Å². The molecule has 0 spiro atoms. The zero-order valence-electron chi connectivity index (χ0n) is 11.8. The van der Waals surface area contributed by atoms with Crippen LogP contribution in [0.25, 0.3) is 0 Å². The van der Waals surface area contributed by atoms with Crippen molar-refractivity contribution in [1.82, 2.24) is 20.1 Å². The van der Waals surface area contributed by atoms with Crippen LogP contribution in [0.2, 0.25) is 0 Å². The van der Waals surface area contributed by atoms with Crippen LogP contribution in [0.4, 0.5) is 0 Å². The van der Waals surface area contributed by atoms with Gasteiger partial charge in [0.2, 0.25) is 5.88 Å². The molecule has 0 aliphatic carbocycles. The van der Waals surface area contributed by atoms with Crippen molar-refractivity contribution in [2.45, 2.75) is 32.9 Å². The van der Waals surface area contributed by atoms with Crippen LogP contribution >= 0.6 is 0 Å². The van der Waals surface area contributed by atoms with Gasteiger partial charge in [-0.2, -0.15) is 5.10 Å². The summed E-state index contributed by atoms with van der Waals surface area (Å²) in [5, 5.41) is 7.45. The van der Waals surface area contributed by atoms with Gasteiger partial charge in [-0.3, -0.25) is 4.68 Å². The second kappa shape index (κ2) is 5.40. The minimum Gasteiger partial charge on any atom is -0.436 e. The first-order chi connectivity index (χ1) is 8.92. The Kier molecular flexibility index (Phi) is 3.85. The second-order valence-electron chi connectivity index (χ2n) is 5.52. The Morgan fingerprint density at radius 3 is 2.74 bits per heavy atom. The molecule has 0 aromatic carbocycles. The lowest BCUT2D eigenvalue weighted by Gasteiger charge is -2.20. The van der Waals surface area contributed by atoms with E-state index in [2.05, 4.69) is 36.2 Å². The lowest BCUT2D eigenvalue weighted by Crippen LogP contribution is -2.35. The topological polar surface area (TPSA) is 52.0 Å². The molecule has 0 saturated carbocycles. The SMILES string of the molecule is Cn1cc(Oc2cccc(CNC(C)(C)C)n2)cn1. The largest absolute Gasteiger partial charge is 0.436 e. The first kappa shape index (κ1) is 13.5. The van der Waals surface area contributed by atoms with Gasteiger partial charge < -0.3 is 10.1 Å². The molecule has 1 N–H and O–H groups in total. The molecule has 0 aliphatic heterocycles. The fraction of sp³-hybridized carbons (Fsp3) is 0.429. The summed E-state index contributed by atoms with van der Waals surface area (Å²) in [6.45, 7) is 7.10. The standard InChI is InChI=1S/C14H20N4O/c1-14(2,3)15-8-11-6-5-7-13(17-11)19-12-9-16-18(4)10-12/h5-7,9-10,15H,8H2,1-4H3. The van der Waals surface area contributed by atoms with Crippen molar-refractivity contribution in [2.24, 2.45) is 7.05 Å². The molecule has 2 heterocycles. The van der Waals surface area contributed by atoms with Gasteiger partial charge in [0.05, 0.1) is 18.1 Å². The Labute approximate surface area is 113 Å². The summed E-state index contributed by atoms with van der Waals surface area (Å²) < 4.78 is 7.34. The Hall–Kier alpha value is -1.88. The molecule has 0 aliphatic rings. The van der Waals surface area contributed by atoms with E-state index < -0.39 is 0 Å². The second-order valence-corrected chi connectivity index (χ2v) is 5.52. The molecular formula is C14H20N4O. The molecular weight excluding hydrogens is 240 g/mol. The summed E-state index contributed by atoms with van der Waals surface area (Å²) in [6, 6.07) is 5.76. The van der Waals surface area contributed by atoms with Crippen molar-refractivity contribution < 1.29 is 4.74 Å². The molecule has 2 aromatic heterocycles. The van der Waals surface area contributed by atoms with Crippen LogP contribution in [0.1, 0.15) is 26.5 Å². The molecule has 102 valence electrons. The number of rotatable bonds is 4. The monoisotopic (exact) mass is 260 g/mol. The average molecular weight is 260 g/mol. The predicted molar refractivity (Wildman–Crippen MR) is 74.1 cm³/mol. The lowest BCUT2D eigenvalue weighted by molar-refractivity contribution is 0.416. The number of aryl methyl sites for hydroxylation is 1. The Morgan fingerprint density at radius 1 is 1.32 bits per heavy atom. The number of ether oxygens (including phenoxy) is 1. The number of nitrogens with zero attached hydrogens (tertiary/aromatic N) is 3. The highest BCUT2D eigenvalue weighted by atomic mass is 16.5. The first-order valence-electron chi connectivity index (χ1n) is 6.30. The zero-order valence-corrected chi connectivity index (χ0v) is 11.8. The third-order valence-electron chi connectivity index (χ3n) is 2.48. The maximum atomic E-state index is 5.65. The van der Waals surface area contributed by atoms with Gasteiger partial charge in [-0.05, 0) is 26.8 Å². The van der Waals surface area contributed by atoms with Gasteiger partial charge in [-0.1, -0.05) is 6.07 Å². The van der Waals surface area contributed by atoms with Gasteiger partial charge in [0.25, 0.3) is 0 Å². The maximum Gasteiger partial charge on any atom is 0.219 e. The van der Waals surface area contributed by atoms with Crippen LogP contribution in [-0.4, -0.2) is 20.3 Å². The van der Waals surface area contributed by atoms with Crippen molar-refractivity contribution >= 4 is 0 Å². The fourth-order valence-electron chi connectivity index (χ4n) is 1.54. The average Bonchev–Trinajstić information content (AvgIpc) is 2.72. The van der Waals surface area contributed by atoms with E-state index in [4.69, 9.17) is 4.74 Å². The number of aromatic nitrogens is 3. The van der Waals surface area contributed by atoms with E-state index in [0.717, 1.165) is 5.69 Å². The molecule has 0 unspecified atom stereocenters.